The molecule has 18 heavy (non-hydrogen) atoms. The molecule has 0 N–H and O–H groups in total. The molecule has 3 aliphatic heterocycles. The molecule has 0 bridgehead atoms. The zero-order chi connectivity index (χ0) is 12.9. The Hall–Kier alpha value is -0.940. The van der Waals surface area contributed by atoms with Gasteiger partial charge in [-0.15, -0.1) is 0 Å². The van der Waals surface area contributed by atoms with Crippen LogP contribution in [0.3, 0.4) is 0 Å². The van der Waals surface area contributed by atoms with Crippen LogP contribution in [-0.4, -0.2) is 59.5 Å². The third kappa shape index (κ3) is 1.47. The van der Waals surface area contributed by atoms with Crippen molar-refractivity contribution in [2.24, 2.45) is 0 Å². The van der Waals surface area contributed by atoms with Crippen molar-refractivity contribution >= 4 is 11.7 Å². The minimum absolute atomic E-state index is 0.0781. The first-order chi connectivity index (χ1) is 8.56. The first-order valence-electron chi connectivity index (χ1n) is 6.72. The van der Waals surface area contributed by atoms with Gasteiger partial charge in [-0.05, 0) is 39.8 Å². The van der Waals surface area contributed by atoms with Gasteiger partial charge in [-0.2, -0.15) is 0 Å². The van der Waals surface area contributed by atoms with Gasteiger partial charge in [-0.3, -0.25) is 14.5 Å². The summed E-state index contributed by atoms with van der Waals surface area (Å²) in [5, 5.41) is 0. The molecule has 0 saturated carbocycles. The Morgan fingerprint density at radius 1 is 1.50 bits per heavy atom. The maximum Gasteiger partial charge on any atom is 0.245 e. The normalized spacial score (nSPS) is 40.6. The predicted octanol–water partition coefficient (Wildman–Crippen LogP) is 0.387. The number of fused-ring (bicyclic) bond motifs is 1. The number of amides is 1. The van der Waals surface area contributed by atoms with E-state index < -0.39 is 5.54 Å². The Kier molecular flexibility index (Phi) is 2.71. The number of likely N-dealkylation sites (tertiary alicyclic amines) is 1. The molecule has 100 valence electrons. The number of likely N-dealkylation sites (N-methyl/N-ethyl adjacent to an activating group) is 1. The van der Waals surface area contributed by atoms with Gasteiger partial charge in [0.1, 0.15) is 11.8 Å². The van der Waals surface area contributed by atoms with Gasteiger partial charge in [-0.25, -0.2) is 0 Å². The van der Waals surface area contributed by atoms with E-state index in [0.29, 0.717) is 19.4 Å². The van der Waals surface area contributed by atoms with Crippen LogP contribution >= 0.6 is 0 Å². The summed E-state index contributed by atoms with van der Waals surface area (Å²) in [6.07, 6.45) is 3.10. The molecule has 0 aliphatic carbocycles. The third-order valence-corrected chi connectivity index (χ3v) is 4.78. The number of ether oxygens (including phenoxy) is 1. The van der Waals surface area contributed by atoms with E-state index in [9.17, 15) is 9.59 Å². The Morgan fingerprint density at radius 3 is 2.89 bits per heavy atom. The number of Topliss-reactive ketones (excluding diaryl/α,β-unsaturated/α-hetero) is 1. The quantitative estimate of drug-likeness (QED) is 0.677. The average Bonchev–Trinajstić information content (AvgIpc) is 2.83. The van der Waals surface area contributed by atoms with Crippen LogP contribution in [0.4, 0.5) is 0 Å². The minimum atomic E-state index is -0.400. The van der Waals surface area contributed by atoms with Crippen LogP contribution < -0.4 is 0 Å². The van der Waals surface area contributed by atoms with Gasteiger partial charge < -0.3 is 9.64 Å². The summed E-state index contributed by atoms with van der Waals surface area (Å²) in [7, 11) is 2.01. The van der Waals surface area contributed by atoms with E-state index in [4.69, 9.17) is 4.74 Å². The molecule has 0 aromatic rings. The van der Waals surface area contributed by atoms with Crippen LogP contribution in [0.2, 0.25) is 0 Å². The fourth-order valence-corrected chi connectivity index (χ4v) is 3.72. The molecular weight excluding hydrogens is 232 g/mol. The van der Waals surface area contributed by atoms with E-state index in [2.05, 4.69) is 4.90 Å². The minimum Gasteiger partial charge on any atom is -0.358 e. The fourth-order valence-electron chi connectivity index (χ4n) is 3.72. The molecule has 5 heteroatoms. The van der Waals surface area contributed by atoms with Crippen molar-refractivity contribution in [2.75, 3.05) is 20.2 Å². The maximum absolute atomic E-state index is 12.7. The number of ketones is 1. The molecule has 3 fully saturated rings. The molecule has 0 aromatic carbocycles. The van der Waals surface area contributed by atoms with Crippen molar-refractivity contribution in [1.82, 2.24) is 9.80 Å². The van der Waals surface area contributed by atoms with Crippen molar-refractivity contribution in [3.05, 3.63) is 0 Å². The second kappa shape index (κ2) is 4.03. The summed E-state index contributed by atoms with van der Waals surface area (Å²) in [6.45, 7) is 3.11. The smallest absolute Gasteiger partial charge is 0.245 e. The lowest BCUT2D eigenvalue weighted by Gasteiger charge is -2.36. The van der Waals surface area contributed by atoms with Crippen LogP contribution in [0.25, 0.3) is 0 Å². The predicted molar refractivity (Wildman–Crippen MR) is 64.9 cm³/mol. The van der Waals surface area contributed by atoms with Crippen molar-refractivity contribution in [3.63, 3.8) is 0 Å². The highest BCUT2D eigenvalue weighted by molar-refractivity contribution is 5.94. The molecule has 3 unspecified atom stereocenters. The summed E-state index contributed by atoms with van der Waals surface area (Å²) in [4.78, 5) is 28.3. The van der Waals surface area contributed by atoms with E-state index in [0.717, 1.165) is 19.4 Å². The van der Waals surface area contributed by atoms with Gasteiger partial charge in [0.05, 0.1) is 12.6 Å². The summed E-state index contributed by atoms with van der Waals surface area (Å²) in [6, 6.07) is -0.273. The van der Waals surface area contributed by atoms with E-state index >= 15 is 0 Å². The van der Waals surface area contributed by atoms with Gasteiger partial charge in [0.15, 0.2) is 5.78 Å². The largest absolute Gasteiger partial charge is 0.358 e. The molecule has 3 atom stereocenters. The van der Waals surface area contributed by atoms with Crippen LogP contribution in [0.1, 0.15) is 32.6 Å². The van der Waals surface area contributed by atoms with Crippen LogP contribution in [0.15, 0.2) is 0 Å². The van der Waals surface area contributed by atoms with Gasteiger partial charge >= 0.3 is 0 Å². The number of carbonyl (C=O) groups is 2. The van der Waals surface area contributed by atoms with Crippen molar-refractivity contribution < 1.29 is 14.3 Å². The van der Waals surface area contributed by atoms with Gasteiger partial charge in [0.2, 0.25) is 5.91 Å². The summed E-state index contributed by atoms with van der Waals surface area (Å²) >= 11 is 0. The topological polar surface area (TPSA) is 49.9 Å². The summed E-state index contributed by atoms with van der Waals surface area (Å²) in [5.41, 5.74) is -0.400. The van der Waals surface area contributed by atoms with Gasteiger partial charge in [0, 0.05) is 6.42 Å². The summed E-state index contributed by atoms with van der Waals surface area (Å²) < 4.78 is 5.71. The Bertz CT molecular complexity index is 398. The number of hydrogen-bond acceptors (Lipinski definition) is 4. The lowest BCUT2D eigenvalue weighted by molar-refractivity contribution is -0.159. The zero-order valence-corrected chi connectivity index (χ0v) is 11.0. The first-order valence-corrected chi connectivity index (χ1v) is 6.72. The second-order valence-electron chi connectivity index (χ2n) is 5.71. The first kappa shape index (κ1) is 12.1. The zero-order valence-electron chi connectivity index (χ0n) is 11.0. The second-order valence-corrected chi connectivity index (χ2v) is 5.71. The van der Waals surface area contributed by atoms with E-state index in [1.165, 1.54) is 0 Å². The lowest BCUT2D eigenvalue weighted by Crippen LogP contribution is -2.54. The molecule has 3 aliphatic rings. The number of carbonyl (C=O) groups excluding carboxylic acids is 2. The number of hydrogen-bond donors (Lipinski definition) is 0. The summed E-state index contributed by atoms with van der Waals surface area (Å²) in [5.74, 6) is 0.182. The number of rotatable bonds is 1. The van der Waals surface area contributed by atoms with Gasteiger partial charge in [0.25, 0.3) is 0 Å². The average molecular weight is 252 g/mol. The molecule has 3 heterocycles. The van der Waals surface area contributed by atoms with Crippen LogP contribution in [0, 0.1) is 0 Å². The molecule has 1 amide bonds. The Morgan fingerprint density at radius 2 is 2.28 bits per heavy atom. The Balaban J connectivity index is 1.93. The lowest BCUT2D eigenvalue weighted by atomic mass is 9.94. The molecule has 3 rings (SSSR count). The highest BCUT2D eigenvalue weighted by atomic mass is 16.5. The van der Waals surface area contributed by atoms with Crippen molar-refractivity contribution in [1.29, 1.82) is 0 Å². The SMILES string of the molecule is CC(=O)C1CCOC2CC3(CCCN3C)C(=O)N21. The van der Waals surface area contributed by atoms with Gasteiger partial charge in [-0.1, -0.05) is 0 Å². The van der Waals surface area contributed by atoms with Crippen LogP contribution in [-0.2, 0) is 14.3 Å². The highest BCUT2D eigenvalue weighted by Gasteiger charge is 2.59. The fraction of sp³-hybridized carbons (Fsp3) is 0.846. The molecule has 0 radical (unpaired) electrons. The van der Waals surface area contributed by atoms with Crippen LogP contribution in [0.5, 0.6) is 0 Å². The molecule has 0 aromatic heterocycles. The third-order valence-electron chi connectivity index (χ3n) is 4.78. The molecule has 5 nitrogen and oxygen atoms in total. The van der Waals surface area contributed by atoms with Crippen molar-refractivity contribution in [3.8, 4) is 0 Å². The molecular formula is C13H20N2O3. The maximum atomic E-state index is 12.7. The van der Waals surface area contributed by atoms with E-state index in [1.807, 2.05) is 7.05 Å². The highest BCUT2D eigenvalue weighted by Crippen LogP contribution is 2.43. The standard InChI is InChI=1S/C13H20N2O3/c1-9(16)10-4-7-18-11-8-13(12(17)15(10)11)5-3-6-14(13)2/h10-11H,3-8H2,1-2H3. The molecule has 3 saturated heterocycles. The van der Waals surface area contributed by atoms with Crippen molar-refractivity contribution in [2.45, 2.75) is 50.4 Å². The van der Waals surface area contributed by atoms with E-state index in [1.54, 1.807) is 11.8 Å². The molecule has 1 spiro atoms. The van der Waals surface area contributed by atoms with E-state index in [-0.39, 0.29) is 24.0 Å². The Labute approximate surface area is 107 Å². The monoisotopic (exact) mass is 252 g/mol. The number of nitrogens with zero attached hydrogens (tertiary/aromatic N) is 2.